The molecular weight excluding hydrogens is 370 g/mol. The molecule has 1 saturated carbocycles. The zero-order chi connectivity index (χ0) is 18.1. The molecule has 1 aromatic rings. The van der Waals surface area contributed by atoms with Crippen molar-refractivity contribution in [2.75, 3.05) is 31.2 Å². The van der Waals surface area contributed by atoms with Gasteiger partial charge in [-0.2, -0.15) is 0 Å². The lowest BCUT2D eigenvalue weighted by Crippen LogP contribution is -2.45. The van der Waals surface area contributed by atoms with Gasteiger partial charge in [0.2, 0.25) is 5.91 Å². The fourth-order valence-corrected chi connectivity index (χ4v) is 4.19. The highest BCUT2D eigenvalue weighted by atomic mass is 35.5. The van der Waals surface area contributed by atoms with Crippen LogP contribution in [0.3, 0.4) is 0 Å². The summed E-state index contributed by atoms with van der Waals surface area (Å²) in [5.74, 6) is 0.277. The first-order valence-electron chi connectivity index (χ1n) is 9.44. The number of hydrogen-bond donors (Lipinski definition) is 2. The summed E-state index contributed by atoms with van der Waals surface area (Å²) in [6.07, 6.45) is 5.57. The van der Waals surface area contributed by atoms with Crippen molar-refractivity contribution in [2.24, 2.45) is 17.8 Å². The third kappa shape index (κ3) is 4.52. The fraction of sp³-hybridized carbons (Fsp3) is 0.632. The zero-order valence-electron chi connectivity index (χ0n) is 15.2. The number of aromatic nitrogens is 1. The highest BCUT2D eigenvalue weighted by Crippen LogP contribution is 2.42. The number of anilines is 1. The van der Waals surface area contributed by atoms with E-state index in [4.69, 9.17) is 9.84 Å². The summed E-state index contributed by atoms with van der Waals surface area (Å²) >= 11 is 0. The van der Waals surface area contributed by atoms with E-state index in [0.29, 0.717) is 25.0 Å². The van der Waals surface area contributed by atoms with Gasteiger partial charge in [-0.05, 0) is 43.7 Å². The van der Waals surface area contributed by atoms with E-state index in [-0.39, 0.29) is 36.0 Å². The third-order valence-corrected chi connectivity index (χ3v) is 5.84. The lowest BCUT2D eigenvalue weighted by Gasteiger charge is -2.25. The molecule has 1 amide bonds. The van der Waals surface area contributed by atoms with Crippen molar-refractivity contribution >= 4 is 30.0 Å². The molecular formula is C19H26ClN3O4. The molecule has 0 unspecified atom stereocenters. The van der Waals surface area contributed by atoms with Crippen LogP contribution in [0.4, 0.5) is 5.69 Å². The number of nitrogens with zero attached hydrogens (tertiary/aromatic N) is 2. The lowest BCUT2D eigenvalue weighted by atomic mass is 9.95. The number of halogens is 1. The highest BCUT2D eigenvalue weighted by molar-refractivity contribution is 5.86. The SMILES string of the molecule is Cl.O=C(O)c1cc(N2C[C@H](NC(=O)C3CCOCC3)[C@@H](C3CC3)C2)ccn1. The van der Waals surface area contributed by atoms with Crippen LogP contribution in [-0.4, -0.2) is 54.3 Å². The number of rotatable bonds is 5. The summed E-state index contributed by atoms with van der Waals surface area (Å²) in [5, 5.41) is 12.5. The molecule has 1 aliphatic carbocycles. The van der Waals surface area contributed by atoms with Gasteiger partial charge in [0.05, 0.1) is 6.04 Å². The topological polar surface area (TPSA) is 91.8 Å². The fourth-order valence-electron chi connectivity index (χ4n) is 4.19. The second kappa shape index (κ2) is 8.44. The number of amides is 1. The van der Waals surface area contributed by atoms with Gasteiger partial charge in [0.1, 0.15) is 5.69 Å². The highest BCUT2D eigenvalue weighted by Gasteiger charge is 2.43. The number of ether oxygens (including phenoxy) is 1. The Morgan fingerprint density at radius 3 is 2.59 bits per heavy atom. The van der Waals surface area contributed by atoms with Crippen LogP contribution in [-0.2, 0) is 9.53 Å². The summed E-state index contributed by atoms with van der Waals surface area (Å²) in [6, 6.07) is 3.59. The molecule has 3 aliphatic rings. The molecule has 7 nitrogen and oxygen atoms in total. The van der Waals surface area contributed by atoms with Crippen LogP contribution >= 0.6 is 12.4 Å². The summed E-state index contributed by atoms with van der Waals surface area (Å²) in [4.78, 5) is 29.9. The molecule has 2 atom stereocenters. The monoisotopic (exact) mass is 395 g/mol. The van der Waals surface area contributed by atoms with E-state index in [1.807, 2.05) is 6.07 Å². The van der Waals surface area contributed by atoms with Gasteiger partial charge < -0.3 is 20.1 Å². The number of carboxylic acid groups (broad SMARTS) is 1. The average molecular weight is 396 g/mol. The maximum atomic E-state index is 12.7. The van der Waals surface area contributed by atoms with Crippen molar-refractivity contribution in [1.29, 1.82) is 0 Å². The van der Waals surface area contributed by atoms with Crippen LogP contribution in [0.5, 0.6) is 0 Å². The third-order valence-electron chi connectivity index (χ3n) is 5.84. The predicted octanol–water partition coefficient (Wildman–Crippen LogP) is 1.96. The molecule has 0 radical (unpaired) electrons. The number of nitrogens with one attached hydrogen (secondary N) is 1. The molecule has 4 rings (SSSR count). The van der Waals surface area contributed by atoms with Gasteiger partial charge >= 0.3 is 5.97 Å². The molecule has 2 N–H and O–H groups in total. The summed E-state index contributed by atoms with van der Waals surface area (Å²) in [6.45, 7) is 2.90. The van der Waals surface area contributed by atoms with Gasteiger partial charge in [0, 0.05) is 50.0 Å². The Bertz CT molecular complexity index is 691. The number of carbonyl (C=O) groups excluding carboxylic acids is 1. The quantitative estimate of drug-likeness (QED) is 0.791. The number of pyridine rings is 1. The summed E-state index contributed by atoms with van der Waals surface area (Å²) in [5.41, 5.74) is 0.922. The van der Waals surface area contributed by atoms with Gasteiger partial charge in [-0.3, -0.25) is 4.79 Å². The van der Waals surface area contributed by atoms with Crippen LogP contribution in [0.2, 0.25) is 0 Å². The Balaban J connectivity index is 0.00000210. The minimum absolute atomic E-state index is 0. The van der Waals surface area contributed by atoms with E-state index in [2.05, 4.69) is 15.2 Å². The van der Waals surface area contributed by atoms with Crippen LogP contribution in [0, 0.1) is 17.8 Å². The Hall–Kier alpha value is -1.86. The first-order valence-corrected chi connectivity index (χ1v) is 9.44. The maximum absolute atomic E-state index is 12.7. The molecule has 2 saturated heterocycles. The van der Waals surface area contributed by atoms with Crippen molar-refractivity contribution in [3.63, 3.8) is 0 Å². The van der Waals surface area contributed by atoms with Crippen LogP contribution in [0.1, 0.15) is 36.2 Å². The predicted molar refractivity (Wildman–Crippen MR) is 102 cm³/mol. The van der Waals surface area contributed by atoms with E-state index in [0.717, 1.165) is 31.6 Å². The first-order chi connectivity index (χ1) is 12.6. The van der Waals surface area contributed by atoms with Crippen LogP contribution in [0.15, 0.2) is 18.3 Å². The number of carbonyl (C=O) groups is 2. The number of hydrogen-bond acceptors (Lipinski definition) is 5. The number of carboxylic acids is 1. The largest absolute Gasteiger partial charge is 0.477 e. The van der Waals surface area contributed by atoms with Crippen molar-refractivity contribution in [3.05, 3.63) is 24.0 Å². The number of aromatic carboxylic acids is 1. The van der Waals surface area contributed by atoms with Crippen LogP contribution in [0.25, 0.3) is 0 Å². The minimum Gasteiger partial charge on any atom is -0.477 e. The van der Waals surface area contributed by atoms with Crippen molar-refractivity contribution in [1.82, 2.24) is 10.3 Å². The van der Waals surface area contributed by atoms with Gasteiger partial charge in [0.15, 0.2) is 0 Å². The van der Waals surface area contributed by atoms with Crippen molar-refractivity contribution in [2.45, 2.75) is 31.7 Å². The molecule has 27 heavy (non-hydrogen) atoms. The Morgan fingerprint density at radius 2 is 1.93 bits per heavy atom. The van der Waals surface area contributed by atoms with E-state index in [1.165, 1.54) is 12.8 Å². The van der Waals surface area contributed by atoms with E-state index in [1.54, 1.807) is 12.3 Å². The van der Waals surface area contributed by atoms with Gasteiger partial charge in [-0.25, -0.2) is 9.78 Å². The molecule has 3 fully saturated rings. The van der Waals surface area contributed by atoms with Gasteiger partial charge in [-0.1, -0.05) is 0 Å². The zero-order valence-corrected chi connectivity index (χ0v) is 16.0. The van der Waals surface area contributed by atoms with Gasteiger partial charge in [-0.15, -0.1) is 12.4 Å². The second-order valence-corrected chi connectivity index (χ2v) is 7.61. The Labute approximate surface area is 164 Å². The molecule has 8 heteroatoms. The van der Waals surface area contributed by atoms with Crippen molar-refractivity contribution in [3.8, 4) is 0 Å². The molecule has 3 heterocycles. The lowest BCUT2D eigenvalue weighted by molar-refractivity contribution is -0.128. The van der Waals surface area contributed by atoms with Crippen molar-refractivity contribution < 1.29 is 19.4 Å². The average Bonchev–Trinajstić information content (AvgIpc) is 3.43. The summed E-state index contributed by atoms with van der Waals surface area (Å²) in [7, 11) is 0. The van der Waals surface area contributed by atoms with E-state index < -0.39 is 5.97 Å². The molecule has 0 bridgehead atoms. The first kappa shape index (κ1) is 19.9. The normalized spacial score (nSPS) is 25.7. The van der Waals surface area contributed by atoms with E-state index in [9.17, 15) is 9.59 Å². The Kier molecular flexibility index (Phi) is 6.22. The Morgan fingerprint density at radius 1 is 1.19 bits per heavy atom. The second-order valence-electron chi connectivity index (χ2n) is 7.61. The molecule has 148 valence electrons. The minimum atomic E-state index is -1.02. The maximum Gasteiger partial charge on any atom is 0.354 e. The smallest absolute Gasteiger partial charge is 0.354 e. The van der Waals surface area contributed by atoms with E-state index >= 15 is 0 Å². The van der Waals surface area contributed by atoms with Gasteiger partial charge in [0.25, 0.3) is 0 Å². The summed E-state index contributed by atoms with van der Waals surface area (Å²) < 4.78 is 5.35. The standard InChI is InChI=1S/C19H25N3O4.ClH/c23-18(13-4-7-26-8-5-13)21-17-11-22(10-15(17)12-1-2-12)14-3-6-20-16(9-14)19(24)25;/h3,6,9,12-13,15,17H,1-2,4-5,7-8,10-11H2,(H,21,23)(H,24,25);1H/t15-,17+;/m1./s1. The molecule has 2 aliphatic heterocycles. The molecule has 0 spiro atoms. The van der Waals surface area contributed by atoms with Crippen LogP contribution < -0.4 is 10.2 Å². The molecule has 0 aromatic carbocycles. The molecule has 1 aromatic heterocycles.